The van der Waals surface area contributed by atoms with Gasteiger partial charge in [0.25, 0.3) is 35.4 Å². The SMILES string of the molecule is O=C(OC1CC(OC(=O)ON2C(=O)CCC2=O)CC(OC(=O)ON2C(=O)CCC2=O)C1)ON1C(=O)CCC1=O. The topological polar surface area (TPSA) is 219 Å². The molecule has 0 aromatic heterocycles. The Bertz CT molecular complexity index is 944. The molecule has 4 rings (SSSR count). The second kappa shape index (κ2) is 11.3. The van der Waals surface area contributed by atoms with Gasteiger partial charge in [-0.25, -0.2) is 14.4 Å². The zero-order chi connectivity index (χ0) is 28.3. The molecule has 1 aliphatic carbocycles. The van der Waals surface area contributed by atoms with E-state index in [0.29, 0.717) is 0 Å². The van der Waals surface area contributed by atoms with Crippen LogP contribution in [0, 0.1) is 0 Å². The smallest absolute Gasteiger partial charge is 0.429 e. The van der Waals surface area contributed by atoms with Gasteiger partial charge in [0.1, 0.15) is 18.3 Å². The summed E-state index contributed by atoms with van der Waals surface area (Å²) in [5.74, 6) is -4.55. The van der Waals surface area contributed by atoms with E-state index in [0.717, 1.165) is 0 Å². The van der Waals surface area contributed by atoms with Gasteiger partial charge in [-0.2, -0.15) is 0 Å². The van der Waals surface area contributed by atoms with Crippen LogP contribution in [0.25, 0.3) is 0 Å². The lowest BCUT2D eigenvalue weighted by Gasteiger charge is -2.33. The lowest BCUT2D eigenvalue weighted by molar-refractivity contribution is -0.185. The van der Waals surface area contributed by atoms with Crippen LogP contribution in [0.2, 0.25) is 0 Å². The number of carbonyl (C=O) groups is 9. The Balaban J connectivity index is 1.38. The Hall–Kier alpha value is -4.77. The van der Waals surface area contributed by atoms with E-state index in [4.69, 9.17) is 14.2 Å². The summed E-state index contributed by atoms with van der Waals surface area (Å²) in [6, 6.07) is 0. The van der Waals surface area contributed by atoms with E-state index in [1.165, 1.54) is 0 Å². The highest BCUT2D eigenvalue weighted by Crippen LogP contribution is 2.28. The van der Waals surface area contributed by atoms with Crippen molar-refractivity contribution >= 4 is 53.9 Å². The molecule has 18 nitrogen and oxygen atoms in total. The molecule has 0 radical (unpaired) electrons. The molecule has 4 aliphatic rings. The van der Waals surface area contributed by atoms with Gasteiger partial charge in [0.2, 0.25) is 0 Å². The van der Waals surface area contributed by atoms with E-state index in [-0.39, 0.29) is 73.0 Å². The van der Waals surface area contributed by atoms with Crippen molar-refractivity contribution in [3.05, 3.63) is 0 Å². The standard InChI is InChI=1S/C21H21N3O15/c25-13-1-2-14(26)22(13)37-19(31)34-10-7-11(35-20(32)38-23-15(27)3-4-16(23)28)9-12(8-10)36-21(33)39-24-17(29)5-6-18(24)30/h10-12H,1-9H2. The van der Waals surface area contributed by atoms with Gasteiger partial charge in [0, 0.05) is 57.8 Å². The first-order chi connectivity index (χ1) is 18.5. The minimum Gasteiger partial charge on any atom is -0.429 e. The first-order valence-electron chi connectivity index (χ1n) is 11.7. The highest BCUT2D eigenvalue weighted by atomic mass is 16.8. The molecule has 0 unspecified atom stereocenters. The van der Waals surface area contributed by atoms with Gasteiger partial charge in [-0.3, -0.25) is 43.3 Å². The molecular weight excluding hydrogens is 534 g/mol. The Kier molecular flexibility index (Phi) is 7.91. The molecule has 1 saturated carbocycles. The van der Waals surface area contributed by atoms with E-state index in [9.17, 15) is 43.2 Å². The minimum absolute atomic E-state index is 0.157. The fraction of sp³-hybridized carbons (Fsp3) is 0.571. The van der Waals surface area contributed by atoms with Crippen LogP contribution in [-0.2, 0) is 57.5 Å². The van der Waals surface area contributed by atoms with Gasteiger partial charge in [0.05, 0.1) is 0 Å². The molecule has 3 saturated heterocycles. The van der Waals surface area contributed by atoms with Gasteiger partial charge in [-0.05, 0) is 0 Å². The van der Waals surface area contributed by atoms with Crippen LogP contribution in [0.4, 0.5) is 14.4 Å². The minimum atomic E-state index is -1.45. The lowest BCUT2D eigenvalue weighted by atomic mass is 9.92. The first-order valence-corrected chi connectivity index (χ1v) is 11.7. The van der Waals surface area contributed by atoms with E-state index in [2.05, 4.69) is 14.5 Å². The van der Waals surface area contributed by atoms with Gasteiger partial charge in [-0.15, -0.1) is 0 Å². The molecule has 0 aromatic rings. The second-order valence-electron chi connectivity index (χ2n) is 8.70. The zero-order valence-electron chi connectivity index (χ0n) is 20.1. The van der Waals surface area contributed by atoms with E-state index in [1.54, 1.807) is 0 Å². The maximum absolute atomic E-state index is 12.2. The molecule has 3 heterocycles. The average molecular weight is 555 g/mol. The Morgan fingerprint density at radius 1 is 0.436 bits per heavy atom. The van der Waals surface area contributed by atoms with Gasteiger partial charge >= 0.3 is 18.5 Å². The van der Waals surface area contributed by atoms with E-state index >= 15 is 0 Å². The summed E-state index contributed by atoms with van der Waals surface area (Å²) in [5, 5.41) is 0.738. The molecule has 6 amide bonds. The maximum atomic E-state index is 12.2. The number of hydroxylamine groups is 6. The average Bonchev–Trinajstić information content (AvgIpc) is 3.47. The Labute approximate surface area is 217 Å². The third-order valence-corrected chi connectivity index (χ3v) is 5.88. The normalized spacial score (nSPS) is 25.2. The number of nitrogens with zero attached hydrogens (tertiary/aromatic N) is 3. The number of hydrogen-bond acceptors (Lipinski definition) is 15. The van der Waals surface area contributed by atoms with Crippen LogP contribution < -0.4 is 0 Å². The predicted octanol–water partition coefficient (Wildman–Crippen LogP) is -0.0723. The summed E-state index contributed by atoms with van der Waals surface area (Å²) in [5.41, 5.74) is 0. The zero-order valence-corrected chi connectivity index (χ0v) is 20.1. The molecule has 0 atom stereocenters. The lowest BCUT2D eigenvalue weighted by Crippen LogP contribution is -2.43. The number of hydrogen-bond donors (Lipinski definition) is 0. The molecule has 0 aromatic carbocycles. The summed E-state index contributed by atoms with van der Waals surface area (Å²) in [6.45, 7) is 0. The number of rotatable bonds is 6. The molecule has 18 heteroatoms. The monoisotopic (exact) mass is 555 g/mol. The van der Waals surface area contributed by atoms with E-state index < -0.39 is 72.2 Å². The van der Waals surface area contributed by atoms with Crippen molar-refractivity contribution in [2.24, 2.45) is 0 Å². The maximum Gasteiger partial charge on any atom is 0.534 e. The summed E-state index contributed by atoms with van der Waals surface area (Å²) in [4.78, 5) is 120. The number of ether oxygens (including phenoxy) is 3. The summed E-state index contributed by atoms with van der Waals surface area (Å²) in [7, 11) is 0. The predicted molar refractivity (Wildman–Crippen MR) is 111 cm³/mol. The molecule has 39 heavy (non-hydrogen) atoms. The quantitative estimate of drug-likeness (QED) is 0.238. The van der Waals surface area contributed by atoms with Crippen LogP contribution in [0.1, 0.15) is 57.8 Å². The Morgan fingerprint density at radius 3 is 0.846 bits per heavy atom. The van der Waals surface area contributed by atoms with Crippen molar-refractivity contribution in [2.75, 3.05) is 0 Å². The van der Waals surface area contributed by atoms with Crippen LogP contribution in [0.15, 0.2) is 0 Å². The van der Waals surface area contributed by atoms with E-state index in [1.807, 2.05) is 0 Å². The first kappa shape index (κ1) is 27.3. The summed E-state index contributed by atoms with van der Waals surface area (Å²) < 4.78 is 15.3. The van der Waals surface area contributed by atoms with Crippen LogP contribution in [-0.4, -0.2) is 87.4 Å². The molecule has 0 N–H and O–H groups in total. The highest BCUT2D eigenvalue weighted by molar-refractivity contribution is 6.02. The molecule has 0 bridgehead atoms. The number of imide groups is 3. The molecule has 4 fully saturated rings. The fourth-order valence-electron chi connectivity index (χ4n) is 4.13. The van der Waals surface area contributed by atoms with Crippen LogP contribution >= 0.6 is 0 Å². The second-order valence-corrected chi connectivity index (χ2v) is 8.70. The molecule has 0 spiro atoms. The van der Waals surface area contributed by atoms with Gasteiger partial charge in [-0.1, -0.05) is 15.2 Å². The third-order valence-electron chi connectivity index (χ3n) is 5.88. The summed E-state index contributed by atoms with van der Waals surface area (Å²) in [6.07, 6.45) is -9.48. The van der Waals surface area contributed by atoms with Crippen molar-refractivity contribution in [1.82, 2.24) is 15.2 Å². The van der Waals surface area contributed by atoms with Gasteiger partial charge in [0.15, 0.2) is 0 Å². The number of amides is 6. The molecule has 210 valence electrons. The largest absolute Gasteiger partial charge is 0.534 e. The van der Waals surface area contributed by atoms with Crippen LogP contribution in [0.5, 0.6) is 0 Å². The van der Waals surface area contributed by atoms with Crippen molar-refractivity contribution < 1.29 is 71.9 Å². The molecular formula is C21H21N3O15. The Morgan fingerprint density at radius 2 is 0.641 bits per heavy atom. The molecule has 3 aliphatic heterocycles. The number of carbonyl (C=O) groups excluding carboxylic acids is 9. The summed E-state index contributed by atoms with van der Waals surface area (Å²) >= 11 is 0. The van der Waals surface area contributed by atoms with Crippen molar-refractivity contribution in [1.29, 1.82) is 0 Å². The van der Waals surface area contributed by atoms with Crippen molar-refractivity contribution in [3.63, 3.8) is 0 Å². The van der Waals surface area contributed by atoms with Crippen molar-refractivity contribution in [3.8, 4) is 0 Å². The fourth-order valence-corrected chi connectivity index (χ4v) is 4.13. The van der Waals surface area contributed by atoms with Gasteiger partial charge < -0.3 is 14.2 Å². The van der Waals surface area contributed by atoms with Crippen molar-refractivity contribution in [2.45, 2.75) is 76.1 Å². The van der Waals surface area contributed by atoms with Crippen LogP contribution in [0.3, 0.4) is 0 Å². The third kappa shape index (κ3) is 6.57. The highest BCUT2D eigenvalue weighted by Gasteiger charge is 2.41.